The minimum Gasteiger partial charge on any atom is -0.355 e. The molecule has 0 spiro atoms. The largest absolute Gasteiger partial charge is 0.355 e. The van der Waals surface area contributed by atoms with Crippen molar-refractivity contribution in [1.29, 1.82) is 0 Å². The van der Waals surface area contributed by atoms with Crippen molar-refractivity contribution < 1.29 is 8.42 Å². The normalized spacial score (nSPS) is 15.8. The second-order valence-electron chi connectivity index (χ2n) is 5.47. The summed E-state index contributed by atoms with van der Waals surface area (Å²) >= 11 is 0. The molecule has 0 saturated carbocycles. The summed E-state index contributed by atoms with van der Waals surface area (Å²) in [5, 5.41) is 8.25. The first-order valence-corrected chi connectivity index (χ1v) is 8.43. The zero-order valence-corrected chi connectivity index (χ0v) is 14.1. The van der Waals surface area contributed by atoms with Crippen molar-refractivity contribution in [2.45, 2.75) is 12.8 Å². The van der Waals surface area contributed by atoms with E-state index in [1.165, 1.54) is 0 Å². The molecule has 0 amide bonds. The second kappa shape index (κ2) is 7.76. The molecule has 9 heteroatoms. The molecule has 2 N–H and O–H groups in total. The summed E-state index contributed by atoms with van der Waals surface area (Å²) in [4.78, 5) is 14.0. The van der Waals surface area contributed by atoms with Gasteiger partial charge in [0.15, 0.2) is 5.82 Å². The van der Waals surface area contributed by atoms with Crippen molar-refractivity contribution in [3.05, 3.63) is 34.6 Å². The summed E-state index contributed by atoms with van der Waals surface area (Å²) in [5.41, 5.74) is -0.183. The fourth-order valence-electron chi connectivity index (χ4n) is 2.89. The Hall–Kier alpha value is -1.64. The fraction of sp³-hybridized carbons (Fsp3) is 0.429. The number of rotatable bonds is 4. The maximum absolute atomic E-state index is 11.8. The third-order valence-corrected chi connectivity index (χ3v) is 4.54. The molecule has 3 rings (SSSR count). The van der Waals surface area contributed by atoms with Gasteiger partial charge < -0.3 is 4.90 Å². The van der Waals surface area contributed by atoms with E-state index in [0.717, 1.165) is 37.1 Å². The molecule has 0 radical (unpaired) electrons. The molecular formula is C14H19ClN4O3S. The Morgan fingerprint density at radius 2 is 1.87 bits per heavy atom. The molecule has 0 atom stereocenters. The Balaban J connectivity index is 0.00000192. The Morgan fingerprint density at radius 1 is 1.22 bits per heavy atom. The van der Waals surface area contributed by atoms with Crippen molar-refractivity contribution in [1.82, 2.24) is 14.9 Å². The fourth-order valence-corrected chi connectivity index (χ4v) is 3.30. The number of hydrogen-bond acceptors (Lipinski definition) is 5. The maximum atomic E-state index is 11.8. The Morgan fingerprint density at radius 3 is 2.52 bits per heavy atom. The summed E-state index contributed by atoms with van der Waals surface area (Å²) in [6.07, 6.45) is 1.79. The van der Waals surface area contributed by atoms with E-state index >= 15 is 0 Å². The Labute approximate surface area is 141 Å². The van der Waals surface area contributed by atoms with E-state index in [2.05, 4.69) is 19.8 Å². The van der Waals surface area contributed by atoms with E-state index in [0.29, 0.717) is 17.8 Å². The molecule has 0 aliphatic carbocycles. The average Bonchev–Trinajstić information content (AvgIpc) is 2.54. The quantitative estimate of drug-likeness (QED) is 0.698. The van der Waals surface area contributed by atoms with Crippen LogP contribution in [0.4, 0.5) is 5.82 Å². The number of nitrogens with zero attached hydrogens (tertiary/aromatic N) is 2. The molecule has 1 aliphatic rings. The summed E-state index contributed by atoms with van der Waals surface area (Å²) < 4.78 is 23.6. The third-order valence-electron chi connectivity index (χ3n) is 4.10. The monoisotopic (exact) mass is 358 g/mol. The van der Waals surface area contributed by atoms with Crippen molar-refractivity contribution in [2.75, 3.05) is 24.5 Å². The summed E-state index contributed by atoms with van der Waals surface area (Å²) in [6, 6.07) is 7.43. The lowest BCUT2D eigenvalue weighted by Crippen LogP contribution is -2.38. The Bertz CT molecular complexity index is 792. The van der Waals surface area contributed by atoms with Crippen LogP contribution in [0.15, 0.2) is 29.1 Å². The van der Waals surface area contributed by atoms with Crippen LogP contribution in [0.3, 0.4) is 0 Å². The number of thiol groups is 1. The van der Waals surface area contributed by atoms with Crippen molar-refractivity contribution in [2.24, 2.45) is 5.92 Å². The number of aromatic amines is 1. The van der Waals surface area contributed by atoms with Crippen LogP contribution in [0.5, 0.6) is 0 Å². The van der Waals surface area contributed by atoms with E-state index in [4.69, 9.17) is 0 Å². The number of fused-ring (bicyclic) bond motifs is 1. The van der Waals surface area contributed by atoms with Crippen LogP contribution in [-0.4, -0.2) is 38.2 Å². The zero-order valence-electron chi connectivity index (χ0n) is 12.4. The van der Waals surface area contributed by atoms with Gasteiger partial charge in [-0.3, -0.25) is 4.79 Å². The van der Waals surface area contributed by atoms with Crippen LogP contribution in [0, 0.1) is 5.92 Å². The van der Waals surface area contributed by atoms with E-state index in [9.17, 15) is 13.2 Å². The SMILES string of the molecule is Cl.O=c1[nH]nc(N2CCC(CN[SH](=O)=O)CC2)c2ccccc12. The first-order valence-electron chi connectivity index (χ1n) is 7.25. The summed E-state index contributed by atoms with van der Waals surface area (Å²) in [7, 11) is -2.52. The van der Waals surface area contributed by atoms with Gasteiger partial charge in [0, 0.05) is 25.0 Å². The number of hydrogen-bond donors (Lipinski definition) is 3. The van der Waals surface area contributed by atoms with Gasteiger partial charge in [-0.2, -0.15) is 5.10 Å². The smallest absolute Gasteiger partial charge is 0.272 e. The lowest BCUT2D eigenvalue weighted by Gasteiger charge is -2.32. The highest BCUT2D eigenvalue weighted by Crippen LogP contribution is 2.26. The van der Waals surface area contributed by atoms with E-state index in [1.54, 1.807) is 6.07 Å². The first kappa shape index (κ1) is 17.7. The number of halogens is 1. The molecule has 0 bridgehead atoms. The molecule has 1 aromatic carbocycles. The zero-order chi connectivity index (χ0) is 15.5. The molecular weight excluding hydrogens is 340 g/mol. The maximum Gasteiger partial charge on any atom is 0.272 e. The van der Waals surface area contributed by atoms with Crippen LogP contribution < -0.4 is 15.2 Å². The molecule has 2 aromatic rings. The van der Waals surface area contributed by atoms with Gasteiger partial charge in [-0.15, -0.1) is 12.4 Å². The van der Waals surface area contributed by atoms with Gasteiger partial charge in [-0.1, -0.05) is 18.2 Å². The number of H-pyrrole nitrogens is 1. The molecule has 1 fully saturated rings. The summed E-state index contributed by atoms with van der Waals surface area (Å²) in [6.45, 7) is 2.09. The topological polar surface area (TPSA) is 95.2 Å². The minimum atomic E-state index is -2.52. The van der Waals surface area contributed by atoms with Crippen LogP contribution in [0.25, 0.3) is 10.8 Å². The number of anilines is 1. The minimum absolute atomic E-state index is 0. The number of benzene rings is 1. The second-order valence-corrected chi connectivity index (χ2v) is 6.30. The standard InChI is InChI=1S/C14H18N4O3S.ClH/c19-14-12-4-2-1-3-11(12)13(16-17-14)18-7-5-10(6-8-18)9-15-22(20)21;/h1-4,10,22H,5-9H2,(H,17,19)(H,15,20,21);1H. The highest BCUT2D eigenvalue weighted by molar-refractivity contribution is 7.70. The van der Waals surface area contributed by atoms with Crippen LogP contribution >= 0.6 is 12.4 Å². The van der Waals surface area contributed by atoms with Crippen LogP contribution in [0.1, 0.15) is 12.8 Å². The number of nitrogens with one attached hydrogen (secondary N) is 2. The van der Waals surface area contributed by atoms with Gasteiger partial charge in [0.1, 0.15) is 0 Å². The number of aromatic nitrogens is 2. The van der Waals surface area contributed by atoms with Gasteiger partial charge in [-0.05, 0) is 24.8 Å². The molecule has 7 nitrogen and oxygen atoms in total. The highest BCUT2D eigenvalue weighted by Gasteiger charge is 2.22. The Kier molecular flexibility index (Phi) is 5.97. The first-order chi connectivity index (χ1) is 10.6. The molecule has 23 heavy (non-hydrogen) atoms. The van der Waals surface area contributed by atoms with E-state index in [1.807, 2.05) is 18.2 Å². The van der Waals surface area contributed by atoms with E-state index < -0.39 is 10.9 Å². The van der Waals surface area contributed by atoms with Gasteiger partial charge in [0.05, 0.1) is 5.39 Å². The van der Waals surface area contributed by atoms with Crippen LogP contribution in [-0.2, 0) is 10.9 Å². The molecule has 0 unspecified atom stereocenters. The predicted molar refractivity (Wildman–Crippen MR) is 92.9 cm³/mol. The highest BCUT2D eigenvalue weighted by atomic mass is 35.5. The van der Waals surface area contributed by atoms with Crippen molar-refractivity contribution in [3.63, 3.8) is 0 Å². The van der Waals surface area contributed by atoms with Gasteiger partial charge in [0.25, 0.3) is 5.56 Å². The lowest BCUT2D eigenvalue weighted by atomic mass is 9.97. The predicted octanol–water partition coefficient (Wildman–Crippen LogP) is 0.677. The molecule has 2 heterocycles. The molecule has 126 valence electrons. The molecule has 1 aromatic heterocycles. The lowest BCUT2D eigenvalue weighted by molar-refractivity contribution is 0.402. The molecule has 1 aliphatic heterocycles. The average molecular weight is 359 g/mol. The van der Waals surface area contributed by atoms with Gasteiger partial charge >= 0.3 is 0 Å². The summed E-state index contributed by atoms with van der Waals surface area (Å²) in [5.74, 6) is 1.13. The molecule has 1 saturated heterocycles. The van der Waals surface area contributed by atoms with Crippen molar-refractivity contribution >= 4 is 39.9 Å². The number of piperidine rings is 1. The van der Waals surface area contributed by atoms with Gasteiger partial charge in [-0.25, -0.2) is 18.2 Å². The van der Waals surface area contributed by atoms with E-state index in [-0.39, 0.29) is 18.0 Å². The van der Waals surface area contributed by atoms with Gasteiger partial charge in [0.2, 0.25) is 10.9 Å². The third kappa shape index (κ3) is 4.01. The van der Waals surface area contributed by atoms with Crippen molar-refractivity contribution in [3.8, 4) is 0 Å². The van der Waals surface area contributed by atoms with Crippen LogP contribution in [0.2, 0.25) is 0 Å².